The van der Waals surface area contributed by atoms with Crippen LogP contribution in [-0.2, 0) is 4.12 Å². The largest absolute Gasteiger partial charge is 0.580 e. The van der Waals surface area contributed by atoms with E-state index in [0.29, 0.717) is 0 Å². The maximum absolute atomic E-state index is 7.88. The summed E-state index contributed by atoms with van der Waals surface area (Å²) in [6.07, 6.45) is 0. The molecule has 30 valence electrons. The minimum Gasteiger partial charge on any atom is -0.580 e. The van der Waals surface area contributed by atoms with Gasteiger partial charge in [-0.3, -0.25) is 0 Å². The molecule has 0 atom stereocenters. The van der Waals surface area contributed by atoms with Gasteiger partial charge in [-0.25, -0.2) is 0 Å². The quantitative estimate of drug-likeness (QED) is 0.405. The Labute approximate surface area is 34.5 Å². The van der Waals surface area contributed by atoms with Crippen molar-refractivity contribution in [3.63, 3.8) is 0 Å². The third-order valence-corrected chi connectivity index (χ3v) is 1.42. The summed E-state index contributed by atoms with van der Waals surface area (Å²) in [5, 5.41) is 6.34. The van der Waals surface area contributed by atoms with Crippen molar-refractivity contribution in [3.8, 4) is 0 Å². The average Bonchev–Trinajstić information content (AvgIpc) is 1.41. The lowest BCUT2D eigenvalue weighted by Crippen LogP contribution is -1.92. The van der Waals surface area contributed by atoms with Crippen LogP contribution >= 0.6 is 0 Å². The molecule has 0 rings (SSSR count). The normalized spacial score (nSPS) is 9.00. The Morgan fingerprint density at radius 3 is 2.60 bits per heavy atom. The van der Waals surface area contributed by atoms with Crippen molar-refractivity contribution < 1.29 is 8.91 Å². The summed E-state index contributed by atoms with van der Waals surface area (Å²) in [7, 11) is -1.89. The molecule has 0 spiro atoms. The second-order valence-electron chi connectivity index (χ2n) is 0.414. The van der Waals surface area contributed by atoms with Crippen LogP contribution in [0.3, 0.4) is 0 Å². The number of hydrogen-bond donors (Lipinski definition) is 2. The van der Waals surface area contributed by atoms with E-state index in [1.807, 2.05) is 0 Å². The Bertz CT molecular complexity index is 28.8. The van der Waals surface area contributed by atoms with Gasteiger partial charge in [0.05, 0.1) is 0 Å². The van der Waals surface area contributed by atoms with E-state index in [1.54, 1.807) is 0 Å². The zero-order valence-corrected chi connectivity index (χ0v) is 5.21. The zero-order valence-electron chi connectivity index (χ0n) is 2.64. The topological polar surface area (TPSA) is 53.3 Å². The SMILES string of the molecule is N=[SiH]O[SiH2]O. The standard InChI is InChI=1S/H5NO2Si2/c1-4-3-5-2/h1-2,4H,5H2. The van der Waals surface area contributed by atoms with Crippen LogP contribution in [0.15, 0.2) is 0 Å². The highest BCUT2D eigenvalue weighted by Gasteiger charge is 1.63. The summed E-state index contributed by atoms with van der Waals surface area (Å²) in [6, 6.07) is 0. The Kier molecular flexibility index (Phi) is 3.99. The Morgan fingerprint density at radius 2 is 2.60 bits per heavy atom. The fourth-order valence-electron chi connectivity index (χ4n) is 0.0373. The van der Waals surface area contributed by atoms with Gasteiger partial charge in [-0.1, -0.05) is 0 Å². The van der Waals surface area contributed by atoms with Crippen LogP contribution in [0.1, 0.15) is 0 Å². The van der Waals surface area contributed by atoms with Crippen LogP contribution in [0.25, 0.3) is 0 Å². The molecule has 0 aliphatic heterocycles. The molecule has 0 aromatic carbocycles. The minimum absolute atomic E-state index is 0.652. The van der Waals surface area contributed by atoms with Crippen LogP contribution in [-0.4, -0.2) is 24.4 Å². The molecule has 3 nitrogen and oxygen atoms in total. The lowest BCUT2D eigenvalue weighted by Gasteiger charge is -1.82. The maximum Gasteiger partial charge on any atom is 0.349 e. The Balaban J connectivity index is 2.40. The highest BCUT2D eigenvalue weighted by atomic mass is 28.3. The van der Waals surface area contributed by atoms with Gasteiger partial charge in [-0.2, -0.15) is 0 Å². The molecule has 0 heterocycles. The predicted octanol–water partition coefficient (Wildman–Crippen LogP) is -1.89. The molecule has 5 heavy (non-hydrogen) atoms. The van der Waals surface area contributed by atoms with Crippen LogP contribution < -0.4 is 0 Å². The van der Waals surface area contributed by atoms with E-state index >= 15 is 0 Å². The third kappa shape index (κ3) is 3.99. The zero-order chi connectivity index (χ0) is 4.12. The van der Waals surface area contributed by atoms with Gasteiger partial charge in [0.25, 0.3) is 0 Å². The van der Waals surface area contributed by atoms with E-state index in [2.05, 4.69) is 4.12 Å². The van der Waals surface area contributed by atoms with E-state index in [1.165, 1.54) is 0 Å². The smallest absolute Gasteiger partial charge is 0.349 e. The van der Waals surface area contributed by atoms with Gasteiger partial charge in [0.15, 0.2) is 0 Å². The lowest BCUT2D eigenvalue weighted by molar-refractivity contribution is 0.472. The highest BCUT2D eigenvalue weighted by Crippen LogP contribution is 1.44. The van der Waals surface area contributed by atoms with Crippen molar-refractivity contribution in [1.82, 2.24) is 0 Å². The molecule has 2 N–H and O–H groups in total. The summed E-state index contributed by atoms with van der Waals surface area (Å²) >= 11 is 0. The molecule has 0 fully saturated rings. The third-order valence-electron chi connectivity index (χ3n) is 0.158. The molecule has 5 heteroatoms. The molecule has 0 aromatic heterocycles. The number of hydrogen-bond acceptors (Lipinski definition) is 3. The maximum atomic E-state index is 7.88. The van der Waals surface area contributed by atoms with E-state index in [4.69, 9.17) is 9.85 Å². The Morgan fingerprint density at radius 1 is 2.00 bits per heavy atom. The molecule has 0 aliphatic carbocycles. The van der Waals surface area contributed by atoms with Crippen molar-refractivity contribution in [2.24, 2.45) is 0 Å². The van der Waals surface area contributed by atoms with Crippen molar-refractivity contribution in [2.45, 2.75) is 0 Å². The molecule has 0 radical (unpaired) electrons. The average molecular weight is 107 g/mol. The molecule has 0 amide bonds. The summed E-state index contributed by atoms with van der Waals surface area (Å²) in [5.74, 6) is 0. The monoisotopic (exact) mass is 107 g/mol. The van der Waals surface area contributed by atoms with Gasteiger partial charge < -0.3 is 14.0 Å². The molecule has 0 saturated heterocycles. The van der Waals surface area contributed by atoms with E-state index < -0.39 is 19.6 Å². The van der Waals surface area contributed by atoms with Gasteiger partial charge in [0, 0.05) is 0 Å². The highest BCUT2D eigenvalue weighted by molar-refractivity contribution is 6.29. The summed E-state index contributed by atoms with van der Waals surface area (Å²) < 4.78 is 4.28. The first-order valence-electron chi connectivity index (χ1n) is 1.13. The fraction of sp³-hybridized carbons (Fsp3) is 0. The summed E-state index contributed by atoms with van der Waals surface area (Å²) in [5.41, 5.74) is 0. The van der Waals surface area contributed by atoms with Crippen LogP contribution in [0.2, 0.25) is 0 Å². The van der Waals surface area contributed by atoms with Gasteiger partial charge >= 0.3 is 19.6 Å². The molecule has 0 saturated carbocycles. The van der Waals surface area contributed by atoms with Crippen molar-refractivity contribution in [2.75, 3.05) is 0 Å². The molecule has 0 aromatic rings. The van der Waals surface area contributed by atoms with E-state index in [0.717, 1.165) is 0 Å². The Hall–Kier alpha value is -0.00623. The second kappa shape index (κ2) is 3.99. The van der Waals surface area contributed by atoms with E-state index in [9.17, 15) is 0 Å². The predicted molar refractivity (Wildman–Crippen MR) is 21.7 cm³/mol. The van der Waals surface area contributed by atoms with Crippen molar-refractivity contribution in [1.29, 1.82) is 5.05 Å². The first-order chi connectivity index (χ1) is 2.41. The molecular formula is H5NO2Si2. The van der Waals surface area contributed by atoms with Crippen LogP contribution in [0, 0.1) is 5.05 Å². The van der Waals surface area contributed by atoms with E-state index in [-0.39, 0.29) is 0 Å². The second-order valence-corrected chi connectivity index (χ2v) is 2.24. The minimum atomic E-state index is -1.24. The van der Waals surface area contributed by atoms with Crippen molar-refractivity contribution >= 4 is 19.6 Å². The summed E-state index contributed by atoms with van der Waals surface area (Å²) in [4.78, 5) is 7.88. The van der Waals surface area contributed by atoms with Gasteiger partial charge in [-0.15, -0.1) is 0 Å². The van der Waals surface area contributed by atoms with Gasteiger partial charge in [0.2, 0.25) is 0 Å². The first-order valence-corrected chi connectivity index (χ1v) is 3.39. The number of rotatable bonds is 2. The molecule has 0 bridgehead atoms. The summed E-state index contributed by atoms with van der Waals surface area (Å²) in [6.45, 7) is 0. The molecular weight excluding hydrogens is 102 g/mol. The lowest BCUT2D eigenvalue weighted by atomic mass is 14.0. The van der Waals surface area contributed by atoms with Gasteiger partial charge in [-0.05, 0) is 0 Å². The fourth-order valence-corrected chi connectivity index (χ4v) is 0.335. The van der Waals surface area contributed by atoms with Crippen LogP contribution in [0.5, 0.6) is 0 Å². The van der Waals surface area contributed by atoms with Crippen LogP contribution in [0.4, 0.5) is 0 Å². The molecule has 0 aliphatic rings. The van der Waals surface area contributed by atoms with Gasteiger partial charge in [0.1, 0.15) is 0 Å². The molecule has 0 unspecified atom stereocenters. The van der Waals surface area contributed by atoms with Crippen molar-refractivity contribution in [3.05, 3.63) is 0 Å². The number of nitrogens with one attached hydrogen (secondary N) is 1. The first kappa shape index (κ1) is 4.99.